The third kappa shape index (κ3) is 5.55. The number of amides is 1. The van der Waals surface area contributed by atoms with E-state index in [9.17, 15) is 31.1 Å². The number of anilines is 1. The van der Waals surface area contributed by atoms with Crippen molar-refractivity contribution in [2.45, 2.75) is 56.3 Å². The molecule has 1 aliphatic heterocycles. The third-order valence-electron chi connectivity index (χ3n) is 5.74. The summed E-state index contributed by atoms with van der Waals surface area (Å²) in [5, 5.41) is 6.78. The first kappa shape index (κ1) is 24.1. The van der Waals surface area contributed by atoms with Crippen LogP contribution in [0.5, 0.6) is 0 Å². The molecule has 1 aliphatic carbocycles. The molecule has 0 spiro atoms. The maximum Gasteiger partial charge on any atom is 0.434 e. The molecule has 34 heavy (non-hydrogen) atoms. The Kier molecular flexibility index (Phi) is 6.38. The highest BCUT2D eigenvalue weighted by molar-refractivity contribution is 5.95. The zero-order valence-corrected chi connectivity index (χ0v) is 17.7. The Morgan fingerprint density at radius 1 is 1.12 bits per heavy atom. The highest BCUT2D eigenvalue weighted by atomic mass is 19.4. The van der Waals surface area contributed by atoms with Crippen LogP contribution in [0.2, 0.25) is 0 Å². The van der Waals surface area contributed by atoms with E-state index in [0.29, 0.717) is 31.5 Å². The number of hydrogen-bond donors (Lipinski definition) is 4. The van der Waals surface area contributed by atoms with E-state index in [1.165, 1.54) is 10.5 Å². The number of fused-ring (bicyclic) bond motifs is 1. The summed E-state index contributed by atoms with van der Waals surface area (Å²) in [4.78, 5) is 16.1. The summed E-state index contributed by atoms with van der Waals surface area (Å²) < 4.78 is 78.0. The number of nitrogens with zero attached hydrogens (tertiary/aromatic N) is 3. The largest absolute Gasteiger partial charge is 0.434 e. The van der Waals surface area contributed by atoms with Gasteiger partial charge in [-0.1, -0.05) is 6.07 Å². The molecule has 1 saturated carbocycles. The summed E-state index contributed by atoms with van der Waals surface area (Å²) in [6, 6.07) is 4.53. The van der Waals surface area contributed by atoms with Gasteiger partial charge in [-0.3, -0.25) is 9.20 Å². The predicted octanol–water partition coefficient (Wildman–Crippen LogP) is 2.74. The number of nitrogens with one attached hydrogen (secondary N) is 3. The molecule has 2 aliphatic rings. The van der Waals surface area contributed by atoms with Crippen LogP contribution in [0.4, 0.5) is 32.2 Å². The van der Waals surface area contributed by atoms with Gasteiger partial charge in [-0.15, -0.1) is 0 Å². The minimum Gasteiger partial charge on any atom is -0.368 e. The summed E-state index contributed by atoms with van der Waals surface area (Å²) in [6.45, 7) is -1.28. The number of pyridine rings is 1. The van der Waals surface area contributed by atoms with Crippen molar-refractivity contribution < 1.29 is 31.1 Å². The van der Waals surface area contributed by atoms with Crippen molar-refractivity contribution in [2.24, 2.45) is 5.73 Å². The van der Waals surface area contributed by atoms with Crippen LogP contribution >= 0.6 is 0 Å². The molecule has 4 rings (SSSR count). The zero-order chi connectivity index (χ0) is 24.7. The van der Waals surface area contributed by atoms with E-state index < -0.39 is 36.7 Å². The van der Waals surface area contributed by atoms with Gasteiger partial charge in [-0.25, -0.2) is 10.4 Å². The molecule has 3 heterocycles. The third-order valence-corrected chi connectivity index (χ3v) is 5.74. The van der Waals surface area contributed by atoms with Gasteiger partial charge in [-0.05, 0) is 37.8 Å². The van der Waals surface area contributed by atoms with Gasteiger partial charge >= 0.3 is 12.4 Å². The molecule has 0 bridgehead atoms. The molecule has 1 fully saturated rings. The van der Waals surface area contributed by atoms with Gasteiger partial charge in [0, 0.05) is 24.5 Å². The highest BCUT2D eigenvalue weighted by Crippen LogP contribution is 2.30. The smallest absolute Gasteiger partial charge is 0.368 e. The number of halogens is 6. The van der Waals surface area contributed by atoms with E-state index in [4.69, 9.17) is 5.73 Å². The first-order valence-corrected chi connectivity index (χ1v) is 10.6. The van der Waals surface area contributed by atoms with Crippen LogP contribution in [0.3, 0.4) is 0 Å². The Balaban J connectivity index is 1.32. The van der Waals surface area contributed by atoms with Crippen LogP contribution in [-0.2, 0) is 11.0 Å². The van der Waals surface area contributed by atoms with Crippen molar-refractivity contribution in [3.8, 4) is 0 Å². The van der Waals surface area contributed by atoms with Crippen molar-refractivity contribution in [1.29, 1.82) is 0 Å². The fraction of sp³-hybridized carbons (Fsp3) is 0.500. The summed E-state index contributed by atoms with van der Waals surface area (Å²) in [5.41, 5.74) is 7.34. The Bertz CT molecular complexity index is 1070. The highest BCUT2D eigenvalue weighted by Gasteiger charge is 2.36. The molecule has 0 aromatic carbocycles. The van der Waals surface area contributed by atoms with Crippen molar-refractivity contribution >= 4 is 17.4 Å². The fourth-order valence-electron chi connectivity index (χ4n) is 4.14. The molecule has 1 amide bonds. The zero-order valence-electron chi connectivity index (χ0n) is 17.7. The molecule has 0 saturated heterocycles. The van der Waals surface area contributed by atoms with Gasteiger partial charge in [0.05, 0.1) is 5.57 Å². The average molecular weight is 491 g/mol. The first-order valence-electron chi connectivity index (χ1n) is 10.6. The number of hydrogen-bond acceptors (Lipinski definition) is 6. The van der Waals surface area contributed by atoms with Crippen LogP contribution in [-0.4, -0.2) is 51.3 Å². The van der Waals surface area contributed by atoms with E-state index in [-0.39, 0.29) is 23.3 Å². The quantitative estimate of drug-likeness (QED) is 0.480. The standard InChI is InChI=1S/C20H23F6N7O/c21-19(22,23)10-32-8-13(17(27)31-32)18(34)29-12-6-4-11(5-7-12)28-15-2-1-3-16-30-14(9-33(15)16)20(24,25)26/h1-3,8-9,11-12,17,28,31H,4-7,10,27H2,(H,29,34). The number of carbonyl (C=O) groups is 1. The Morgan fingerprint density at radius 2 is 1.79 bits per heavy atom. The molecule has 0 radical (unpaired) electrons. The van der Waals surface area contributed by atoms with Crippen molar-refractivity contribution in [2.75, 3.05) is 11.9 Å². The lowest BCUT2D eigenvalue weighted by Gasteiger charge is -2.30. The van der Waals surface area contributed by atoms with E-state index in [2.05, 4.69) is 21.0 Å². The first-order chi connectivity index (χ1) is 15.9. The lowest BCUT2D eigenvalue weighted by atomic mass is 9.91. The molecule has 2 aromatic rings. The molecule has 1 unspecified atom stereocenters. The van der Waals surface area contributed by atoms with Crippen LogP contribution in [0.1, 0.15) is 31.4 Å². The average Bonchev–Trinajstić information content (AvgIpc) is 3.32. The Morgan fingerprint density at radius 3 is 2.44 bits per heavy atom. The molecule has 2 aromatic heterocycles. The lowest BCUT2D eigenvalue weighted by molar-refractivity contribution is -0.145. The fourth-order valence-corrected chi connectivity index (χ4v) is 4.14. The number of aromatic nitrogens is 2. The Hall–Kier alpha value is -3.00. The number of rotatable bonds is 5. The van der Waals surface area contributed by atoms with Gasteiger partial charge in [0.2, 0.25) is 0 Å². The van der Waals surface area contributed by atoms with Gasteiger partial charge in [0.1, 0.15) is 24.2 Å². The molecule has 8 nitrogen and oxygen atoms in total. The number of nitrogens with two attached hydrogens (primary N) is 1. The maximum absolute atomic E-state index is 13.0. The lowest BCUT2D eigenvalue weighted by Crippen LogP contribution is -2.48. The molecule has 5 N–H and O–H groups in total. The number of hydrazine groups is 1. The minimum absolute atomic E-state index is 0.0109. The number of carbonyl (C=O) groups excluding carboxylic acids is 1. The van der Waals surface area contributed by atoms with Crippen LogP contribution < -0.4 is 21.8 Å². The van der Waals surface area contributed by atoms with Gasteiger partial charge in [-0.2, -0.15) is 26.3 Å². The topological polar surface area (TPSA) is 99.7 Å². The summed E-state index contributed by atoms with van der Waals surface area (Å²) in [7, 11) is 0. The molecule has 14 heteroatoms. The monoisotopic (exact) mass is 491 g/mol. The van der Waals surface area contributed by atoms with Crippen molar-refractivity contribution in [1.82, 2.24) is 25.1 Å². The van der Waals surface area contributed by atoms with Crippen LogP contribution in [0, 0.1) is 0 Å². The molecule has 186 valence electrons. The molecular formula is C20H23F6N7O. The van der Waals surface area contributed by atoms with Gasteiger partial charge in [0.25, 0.3) is 5.91 Å². The van der Waals surface area contributed by atoms with E-state index >= 15 is 0 Å². The Labute approximate surface area is 190 Å². The summed E-state index contributed by atoms with van der Waals surface area (Å²) in [5.74, 6) is -0.0603. The number of imidazole rings is 1. The predicted molar refractivity (Wildman–Crippen MR) is 110 cm³/mol. The number of alkyl halides is 6. The molecule has 1 atom stereocenters. The second-order valence-electron chi connectivity index (χ2n) is 8.36. The maximum atomic E-state index is 13.0. The normalized spacial score (nSPS) is 23.8. The van der Waals surface area contributed by atoms with Crippen LogP contribution in [0.25, 0.3) is 5.65 Å². The van der Waals surface area contributed by atoms with Crippen molar-refractivity contribution in [3.05, 3.63) is 41.9 Å². The molecular weight excluding hydrogens is 468 g/mol. The summed E-state index contributed by atoms with van der Waals surface area (Å²) in [6.07, 6.45) is -5.61. The summed E-state index contributed by atoms with van der Waals surface area (Å²) >= 11 is 0. The van der Waals surface area contributed by atoms with E-state index in [0.717, 1.165) is 17.4 Å². The minimum atomic E-state index is -4.55. The van der Waals surface area contributed by atoms with Gasteiger partial charge < -0.3 is 21.4 Å². The SMILES string of the molecule is NC1NN(CC(F)(F)F)C=C1C(=O)NC1CCC(Nc2cccc3nc(C(F)(F)F)cn23)CC1. The van der Waals surface area contributed by atoms with Crippen molar-refractivity contribution in [3.63, 3.8) is 0 Å². The van der Waals surface area contributed by atoms with E-state index in [1.807, 2.05) is 0 Å². The second-order valence-corrected chi connectivity index (χ2v) is 8.36. The van der Waals surface area contributed by atoms with Gasteiger partial charge in [0.15, 0.2) is 5.69 Å². The van der Waals surface area contributed by atoms with E-state index in [1.54, 1.807) is 12.1 Å². The van der Waals surface area contributed by atoms with Crippen LogP contribution in [0.15, 0.2) is 36.2 Å². The second kappa shape index (κ2) is 8.98.